The predicted octanol–water partition coefficient (Wildman–Crippen LogP) is 7.06. The first-order valence-corrected chi connectivity index (χ1v) is 9.76. The van der Waals surface area contributed by atoms with E-state index >= 15 is 0 Å². The average molecular weight is 365 g/mol. The molecule has 128 valence electrons. The quantitative estimate of drug-likeness (QED) is 0.321. The Morgan fingerprint density at radius 2 is 1.41 bits per heavy atom. The van der Waals surface area contributed by atoms with Crippen molar-refractivity contribution >= 4 is 53.3 Å². The van der Waals surface area contributed by atoms with E-state index in [9.17, 15) is 5.11 Å². The Morgan fingerprint density at radius 3 is 2.26 bits per heavy atom. The molecule has 0 aliphatic heterocycles. The van der Waals surface area contributed by atoms with Gasteiger partial charge >= 0.3 is 0 Å². The van der Waals surface area contributed by atoms with Gasteiger partial charge in [0.25, 0.3) is 0 Å². The molecule has 27 heavy (non-hydrogen) atoms. The summed E-state index contributed by atoms with van der Waals surface area (Å²) in [6.07, 6.45) is 0. The van der Waals surface area contributed by atoms with Crippen LogP contribution >= 0.6 is 11.3 Å². The average Bonchev–Trinajstić information content (AvgIpc) is 3.28. The summed E-state index contributed by atoms with van der Waals surface area (Å²) in [5, 5.41) is 15.9. The number of para-hydroxylation sites is 1. The number of H-pyrrole nitrogens is 1. The Hall–Kier alpha value is -3.30. The number of fused-ring (bicyclic) bond motifs is 7. The third kappa shape index (κ3) is 1.95. The molecule has 6 rings (SSSR count). The van der Waals surface area contributed by atoms with Gasteiger partial charge in [-0.3, -0.25) is 0 Å². The fourth-order valence-electron chi connectivity index (χ4n) is 4.17. The molecule has 2 heterocycles. The maximum atomic E-state index is 11.4. The normalized spacial score (nSPS) is 11.9. The Morgan fingerprint density at radius 1 is 0.704 bits per heavy atom. The van der Waals surface area contributed by atoms with E-state index in [1.807, 2.05) is 24.3 Å². The van der Waals surface area contributed by atoms with Gasteiger partial charge in [0, 0.05) is 37.3 Å². The van der Waals surface area contributed by atoms with Crippen molar-refractivity contribution < 1.29 is 5.11 Å². The molecular weight excluding hydrogens is 350 g/mol. The standard InChI is InChI=1S/C24H15NOS/c26-23-19(14-8-2-1-3-9-14)20-15-10-4-6-12-17(15)25-22(20)21-16-11-5-7-13-18(16)27-24(21)23/h1-13,25-26H. The maximum absolute atomic E-state index is 11.4. The van der Waals surface area contributed by atoms with E-state index in [2.05, 4.69) is 59.6 Å². The molecule has 2 aromatic heterocycles. The van der Waals surface area contributed by atoms with Crippen molar-refractivity contribution in [1.29, 1.82) is 0 Å². The topological polar surface area (TPSA) is 36.0 Å². The van der Waals surface area contributed by atoms with Crippen molar-refractivity contribution in [2.45, 2.75) is 0 Å². The van der Waals surface area contributed by atoms with Crippen LogP contribution in [0.4, 0.5) is 0 Å². The van der Waals surface area contributed by atoms with Crippen LogP contribution < -0.4 is 0 Å². The Labute approximate surface area is 159 Å². The number of thiophene rings is 1. The highest BCUT2D eigenvalue weighted by atomic mass is 32.1. The molecule has 3 heteroatoms. The Kier molecular flexibility index (Phi) is 2.94. The number of benzene rings is 4. The molecule has 4 aromatic carbocycles. The second-order valence-electron chi connectivity index (χ2n) is 6.81. The van der Waals surface area contributed by atoms with E-state index < -0.39 is 0 Å². The number of rotatable bonds is 1. The second-order valence-corrected chi connectivity index (χ2v) is 7.86. The summed E-state index contributed by atoms with van der Waals surface area (Å²) in [6.45, 7) is 0. The van der Waals surface area contributed by atoms with E-state index in [4.69, 9.17) is 0 Å². The molecule has 0 saturated heterocycles. The van der Waals surface area contributed by atoms with Gasteiger partial charge in [-0.1, -0.05) is 66.7 Å². The van der Waals surface area contributed by atoms with E-state index in [1.54, 1.807) is 11.3 Å². The lowest BCUT2D eigenvalue weighted by molar-refractivity contribution is 0.485. The van der Waals surface area contributed by atoms with Gasteiger partial charge in [-0.25, -0.2) is 0 Å². The van der Waals surface area contributed by atoms with Gasteiger partial charge < -0.3 is 10.1 Å². The third-order valence-electron chi connectivity index (χ3n) is 5.32. The fraction of sp³-hybridized carbons (Fsp3) is 0. The van der Waals surface area contributed by atoms with Crippen molar-refractivity contribution in [3.8, 4) is 16.9 Å². The lowest BCUT2D eigenvalue weighted by Gasteiger charge is -2.09. The van der Waals surface area contributed by atoms with E-state index in [0.29, 0.717) is 5.75 Å². The summed E-state index contributed by atoms with van der Waals surface area (Å²) >= 11 is 1.65. The van der Waals surface area contributed by atoms with Crippen molar-refractivity contribution in [3.63, 3.8) is 0 Å². The molecule has 0 aliphatic carbocycles. The summed E-state index contributed by atoms with van der Waals surface area (Å²) in [7, 11) is 0. The molecule has 0 atom stereocenters. The third-order valence-corrected chi connectivity index (χ3v) is 6.49. The monoisotopic (exact) mass is 365 g/mol. The molecule has 0 amide bonds. The molecular formula is C24H15NOS. The summed E-state index contributed by atoms with van der Waals surface area (Å²) in [5.74, 6) is 0.370. The first kappa shape index (κ1) is 14.8. The molecule has 0 radical (unpaired) electrons. The van der Waals surface area contributed by atoms with Crippen LogP contribution in [0.5, 0.6) is 5.75 Å². The number of phenols is 1. The fourth-order valence-corrected chi connectivity index (χ4v) is 5.33. The minimum absolute atomic E-state index is 0.370. The molecule has 0 fully saturated rings. The highest BCUT2D eigenvalue weighted by molar-refractivity contribution is 7.26. The van der Waals surface area contributed by atoms with Crippen LogP contribution in [0.15, 0.2) is 78.9 Å². The highest BCUT2D eigenvalue weighted by Gasteiger charge is 2.22. The minimum atomic E-state index is 0.370. The van der Waals surface area contributed by atoms with Gasteiger partial charge in [0.1, 0.15) is 5.75 Å². The molecule has 2 N–H and O–H groups in total. The van der Waals surface area contributed by atoms with E-state index in [1.165, 1.54) is 10.1 Å². The van der Waals surface area contributed by atoms with Gasteiger partial charge in [-0.15, -0.1) is 11.3 Å². The predicted molar refractivity (Wildman–Crippen MR) is 116 cm³/mol. The minimum Gasteiger partial charge on any atom is -0.506 e. The van der Waals surface area contributed by atoms with E-state index in [0.717, 1.165) is 43.0 Å². The Bertz CT molecular complexity index is 1470. The van der Waals surface area contributed by atoms with Crippen molar-refractivity contribution in [3.05, 3.63) is 78.9 Å². The molecule has 0 spiro atoms. The Balaban J connectivity index is 1.96. The van der Waals surface area contributed by atoms with Crippen LogP contribution in [-0.4, -0.2) is 10.1 Å². The number of aromatic nitrogens is 1. The largest absolute Gasteiger partial charge is 0.506 e. The van der Waals surface area contributed by atoms with Crippen molar-refractivity contribution in [1.82, 2.24) is 4.98 Å². The SMILES string of the molecule is Oc1c(-c2ccccc2)c2c3ccccc3[nH]c2c2c1sc1ccccc12. The van der Waals surface area contributed by atoms with E-state index in [-0.39, 0.29) is 0 Å². The van der Waals surface area contributed by atoms with Crippen molar-refractivity contribution in [2.75, 3.05) is 0 Å². The first-order chi connectivity index (χ1) is 13.3. The highest BCUT2D eigenvalue weighted by Crippen LogP contribution is 2.50. The second kappa shape index (κ2) is 5.35. The first-order valence-electron chi connectivity index (χ1n) is 8.95. The molecule has 6 aromatic rings. The maximum Gasteiger partial charge on any atom is 0.142 e. The van der Waals surface area contributed by atoms with Crippen molar-refractivity contribution in [2.24, 2.45) is 0 Å². The van der Waals surface area contributed by atoms with Crippen LogP contribution in [0.25, 0.3) is 53.1 Å². The summed E-state index contributed by atoms with van der Waals surface area (Å²) in [5.41, 5.74) is 4.12. The van der Waals surface area contributed by atoms with Gasteiger partial charge in [0.15, 0.2) is 0 Å². The summed E-state index contributed by atoms with van der Waals surface area (Å²) in [6, 6.07) is 26.9. The van der Waals surface area contributed by atoms with Crippen LogP contribution in [-0.2, 0) is 0 Å². The lowest BCUT2D eigenvalue weighted by atomic mass is 9.96. The van der Waals surface area contributed by atoms with Gasteiger partial charge in [0.2, 0.25) is 0 Å². The smallest absolute Gasteiger partial charge is 0.142 e. The molecule has 2 nitrogen and oxygen atoms in total. The molecule has 0 aliphatic rings. The zero-order chi connectivity index (χ0) is 18.0. The number of nitrogens with one attached hydrogen (secondary N) is 1. The van der Waals surface area contributed by atoms with Crippen LogP contribution in [0.2, 0.25) is 0 Å². The van der Waals surface area contributed by atoms with Gasteiger partial charge in [0.05, 0.1) is 10.2 Å². The summed E-state index contributed by atoms with van der Waals surface area (Å²) in [4.78, 5) is 3.63. The van der Waals surface area contributed by atoms with Crippen LogP contribution in [0.3, 0.4) is 0 Å². The molecule has 0 unspecified atom stereocenters. The summed E-state index contributed by atoms with van der Waals surface area (Å²) < 4.78 is 2.13. The number of hydrogen-bond donors (Lipinski definition) is 2. The van der Waals surface area contributed by atoms with Gasteiger partial charge in [-0.2, -0.15) is 0 Å². The van der Waals surface area contributed by atoms with Crippen LogP contribution in [0, 0.1) is 0 Å². The van der Waals surface area contributed by atoms with Gasteiger partial charge in [-0.05, 0) is 17.7 Å². The lowest BCUT2D eigenvalue weighted by Crippen LogP contribution is -1.83. The zero-order valence-corrected chi connectivity index (χ0v) is 15.2. The zero-order valence-electron chi connectivity index (χ0n) is 14.4. The number of phenolic OH excluding ortho intramolecular Hbond substituents is 1. The number of aromatic hydroxyl groups is 1. The number of aromatic amines is 1. The van der Waals surface area contributed by atoms with Crippen LogP contribution in [0.1, 0.15) is 0 Å². The molecule has 0 bridgehead atoms. The number of hydrogen-bond acceptors (Lipinski definition) is 2. The molecule has 0 saturated carbocycles.